The summed E-state index contributed by atoms with van der Waals surface area (Å²) >= 11 is 0. The van der Waals surface area contributed by atoms with Crippen LogP contribution in [0.3, 0.4) is 0 Å². The third-order valence-corrected chi connectivity index (χ3v) is 10.5. The molecule has 0 aromatic heterocycles. The summed E-state index contributed by atoms with van der Waals surface area (Å²) in [6.07, 6.45) is 51.8. The lowest BCUT2D eigenvalue weighted by atomic mass is 10.0. The quantitative estimate of drug-likeness (QED) is 0.0441. The van der Waals surface area contributed by atoms with Crippen LogP contribution in [0, 0.1) is 0 Å². The second kappa shape index (κ2) is 41.5. The number of hydrogen-bond acceptors (Lipinski definition) is 3. The van der Waals surface area contributed by atoms with Gasteiger partial charge in [-0.1, -0.05) is 238 Å². The highest BCUT2D eigenvalue weighted by molar-refractivity contribution is 5.76. The van der Waals surface area contributed by atoms with E-state index in [0.29, 0.717) is 6.42 Å². The summed E-state index contributed by atoms with van der Waals surface area (Å²) in [5, 5.41) is 23.0. The maximum Gasteiger partial charge on any atom is 0.220 e. The highest BCUT2D eigenvalue weighted by Crippen LogP contribution is 2.16. The third kappa shape index (κ3) is 38.2. The van der Waals surface area contributed by atoms with E-state index >= 15 is 0 Å². The molecule has 0 saturated heterocycles. The number of amides is 1. The van der Waals surface area contributed by atoms with E-state index in [0.717, 1.165) is 25.7 Å². The Labute approximate surface area is 307 Å². The van der Waals surface area contributed by atoms with Crippen molar-refractivity contribution in [3.05, 3.63) is 12.2 Å². The standard InChI is InChI=1S/C45H89NO3/c1-3-5-7-9-11-13-15-17-19-20-21-22-23-24-25-26-27-29-31-33-35-37-39-41-45(49)46-43(42-47)44(48)40-38-36-34-32-30-28-18-16-14-12-10-8-6-4-2/h38,40,43-44,47-48H,3-37,39,41-42H2,1-2H3,(H,46,49)/b40-38+. The minimum Gasteiger partial charge on any atom is -0.394 e. The normalized spacial score (nSPS) is 13.0. The van der Waals surface area contributed by atoms with Crippen LogP contribution < -0.4 is 5.32 Å². The van der Waals surface area contributed by atoms with Gasteiger partial charge in [0.15, 0.2) is 0 Å². The predicted octanol–water partition coefficient (Wildman–Crippen LogP) is 13.9. The Morgan fingerprint density at radius 3 is 1.06 bits per heavy atom. The number of carbonyl (C=O) groups is 1. The SMILES string of the molecule is CCCCCCCCCCCCCC/C=C/C(O)C(CO)NC(=O)CCCCCCCCCCCCCCCCCCCCCCCCC. The zero-order chi connectivity index (χ0) is 35.7. The molecule has 1 amide bonds. The van der Waals surface area contributed by atoms with Crippen molar-refractivity contribution in [2.75, 3.05) is 6.61 Å². The summed E-state index contributed by atoms with van der Waals surface area (Å²) < 4.78 is 0. The molecule has 2 unspecified atom stereocenters. The Hall–Kier alpha value is -0.870. The smallest absolute Gasteiger partial charge is 0.220 e. The number of aliphatic hydroxyl groups excluding tert-OH is 2. The molecule has 0 aliphatic heterocycles. The minimum atomic E-state index is -0.833. The van der Waals surface area contributed by atoms with E-state index in [4.69, 9.17) is 0 Å². The van der Waals surface area contributed by atoms with Gasteiger partial charge in [-0.25, -0.2) is 0 Å². The van der Waals surface area contributed by atoms with Gasteiger partial charge in [-0.15, -0.1) is 0 Å². The van der Waals surface area contributed by atoms with Crippen LogP contribution in [-0.4, -0.2) is 34.9 Å². The van der Waals surface area contributed by atoms with Crippen molar-refractivity contribution in [1.29, 1.82) is 0 Å². The second-order valence-electron chi connectivity index (χ2n) is 15.5. The van der Waals surface area contributed by atoms with Gasteiger partial charge in [-0.3, -0.25) is 4.79 Å². The molecule has 4 heteroatoms. The fourth-order valence-corrected chi connectivity index (χ4v) is 7.06. The highest BCUT2D eigenvalue weighted by atomic mass is 16.3. The number of carbonyl (C=O) groups excluding carboxylic acids is 1. The maximum absolute atomic E-state index is 12.4. The fraction of sp³-hybridized carbons (Fsp3) is 0.933. The zero-order valence-electron chi connectivity index (χ0n) is 33.5. The van der Waals surface area contributed by atoms with E-state index in [9.17, 15) is 15.0 Å². The first-order chi connectivity index (χ1) is 24.2. The van der Waals surface area contributed by atoms with Crippen molar-refractivity contribution in [2.45, 2.75) is 264 Å². The van der Waals surface area contributed by atoms with E-state index in [-0.39, 0.29) is 12.5 Å². The molecule has 0 bridgehead atoms. The summed E-state index contributed by atoms with van der Waals surface area (Å²) in [5.41, 5.74) is 0. The van der Waals surface area contributed by atoms with Crippen LogP contribution in [0.4, 0.5) is 0 Å². The van der Waals surface area contributed by atoms with Gasteiger partial charge in [0.25, 0.3) is 0 Å². The Bertz CT molecular complexity index is 666. The molecule has 292 valence electrons. The van der Waals surface area contributed by atoms with Crippen LogP contribution in [0.1, 0.15) is 251 Å². The Morgan fingerprint density at radius 1 is 0.469 bits per heavy atom. The van der Waals surface area contributed by atoms with E-state index in [1.807, 2.05) is 6.08 Å². The minimum absolute atomic E-state index is 0.0593. The number of nitrogens with one attached hydrogen (secondary N) is 1. The predicted molar refractivity (Wildman–Crippen MR) is 216 cm³/mol. The van der Waals surface area contributed by atoms with Crippen molar-refractivity contribution < 1.29 is 15.0 Å². The molecule has 0 saturated carbocycles. The molecule has 0 rings (SSSR count). The third-order valence-electron chi connectivity index (χ3n) is 10.5. The van der Waals surface area contributed by atoms with Gasteiger partial charge in [0.1, 0.15) is 0 Å². The molecular weight excluding hydrogens is 602 g/mol. The van der Waals surface area contributed by atoms with Gasteiger partial charge in [0.05, 0.1) is 18.8 Å². The molecular formula is C45H89NO3. The lowest BCUT2D eigenvalue weighted by molar-refractivity contribution is -0.123. The lowest BCUT2D eigenvalue weighted by Gasteiger charge is -2.20. The zero-order valence-corrected chi connectivity index (χ0v) is 33.5. The Balaban J connectivity index is 3.48. The first-order valence-corrected chi connectivity index (χ1v) is 22.4. The number of aliphatic hydroxyl groups is 2. The Morgan fingerprint density at radius 2 is 0.755 bits per heavy atom. The number of hydrogen-bond donors (Lipinski definition) is 3. The molecule has 0 aliphatic rings. The molecule has 4 nitrogen and oxygen atoms in total. The van der Waals surface area contributed by atoms with Gasteiger partial charge in [-0.05, 0) is 19.3 Å². The van der Waals surface area contributed by atoms with Crippen molar-refractivity contribution >= 4 is 5.91 Å². The van der Waals surface area contributed by atoms with Gasteiger partial charge in [0, 0.05) is 6.42 Å². The largest absolute Gasteiger partial charge is 0.394 e. The van der Waals surface area contributed by atoms with Crippen molar-refractivity contribution in [2.24, 2.45) is 0 Å². The molecule has 3 N–H and O–H groups in total. The molecule has 49 heavy (non-hydrogen) atoms. The number of allylic oxidation sites excluding steroid dienone is 1. The molecule has 2 atom stereocenters. The number of unbranched alkanes of at least 4 members (excludes halogenated alkanes) is 34. The molecule has 0 aromatic carbocycles. The Kier molecular flexibility index (Phi) is 40.8. The van der Waals surface area contributed by atoms with Crippen molar-refractivity contribution in [3.63, 3.8) is 0 Å². The van der Waals surface area contributed by atoms with Gasteiger partial charge >= 0.3 is 0 Å². The first-order valence-electron chi connectivity index (χ1n) is 22.4. The van der Waals surface area contributed by atoms with E-state index in [2.05, 4.69) is 19.2 Å². The molecule has 0 aromatic rings. The molecule has 0 fully saturated rings. The van der Waals surface area contributed by atoms with Crippen LogP contribution >= 0.6 is 0 Å². The van der Waals surface area contributed by atoms with Crippen LogP contribution in [0.2, 0.25) is 0 Å². The highest BCUT2D eigenvalue weighted by Gasteiger charge is 2.17. The van der Waals surface area contributed by atoms with E-state index < -0.39 is 12.1 Å². The van der Waals surface area contributed by atoms with Gasteiger partial charge < -0.3 is 15.5 Å². The summed E-state index contributed by atoms with van der Waals surface area (Å²) in [4.78, 5) is 12.4. The summed E-state index contributed by atoms with van der Waals surface area (Å²) in [6, 6.07) is -0.615. The van der Waals surface area contributed by atoms with Crippen molar-refractivity contribution in [1.82, 2.24) is 5.32 Å². The van der Waals surface area contributed by atoms with Crippen LogP contribution in [0.25, 0.3) is 0 Å². The summed E-state index contributed by atoms with van der Waals surface area (Å²) in [7, 11) is 0. The van der Waals surface area contributed by atoms with Crippen LogP contribution in [0.5, 0.6) is 0 Å². The van der Waals surface area contributed by atoms with Gasteiger partial charge in [0.2, 0.25) is 5.91 Å². The molecule has 0 spiro atoms. The summed E-state index contributed by atoms with van der Waals surface area (Å²) in [6.45, 7) is 4.33. The number of rotatable bonds is 41. The average Bonchev–Trinajstić information content (AvgIpc) is 3.10. The van der Waals surface area contributed by atoms with E-state index in [1.165, 1.54) is 205 Å². The average molecular weight is 692 g/mol. The molecule has 0 aliphatic carbocycles. The topological polar surface area (TPSA) is 69.6 Å². The van der Waals surface area contributed by atoms with Gasteiger partial charge in [-0.2, -0.15) is 0 Å². The van der Waals surface area contributed by atoms with Crippen molar-refractivity contribution in [3.8, 4) is 0 Å². The molecule has 0 heterocycles. The lowest BCUT2D eigenvalue weighted by Crippen LogP contribution is -2.45. The van der Waals surface area contributed by atoms with E-state index in [1.54, 1.807) is 6.08 Å². The monoisotopic (exact) mass is 692 g/mol. The second-order valence-corrected chi connectivity index (χ2v) is 15.5. The molecule has 0 radical (unpaired) electrons. The van der Waals surface area contributed by atoms with Crippen LogP contribution in [0.15, 0.2) is 12.2 Å². The van der Waals surface area contributed by atoms with Crippen LogP contribution in [-0.2, 0) is 4.79 Å². The maximum atomic E-state index is 12.4. The first kappa shape index (κ1) is 48.1. The fourth-order valence-electron chi connectivity index (χ4n) is 7.06. The summed E-state index contributed by atoms with van der Waals surface area (Å²) in [5.74, 6) is -0.0593.